The van der Waals surface area contributed by atoms with Gasteiger partial charge in [-0.1, -0.05) is 11.6 Å². The van der Waals surface area contributed by atoms with Crippen molar-refractivity contribution < 1.29 is 13.9 Å². The fourth-order valence-electron chi connectivity index (χ4n) is 2.73. The van der Waals surface area contributed by atoms with E-state index in [9.17, 15) is 9.18 Å². The number of hydrogen-bond donors (Lipinski definition) is 1. The zero-order valence-corrected chi connectivity index (χ0v) is 13.0. The van der Waals surface area contributed by atoms with Crippen molar-refractivity contribution in [3.8, 4) is 0 Å². The molecule has 1 fully saturated rings. The van der Waals surface area contributed by atoms with E-state index in [2.05, 4.69) is 5.32 Å². The summed E-state index contributed by atoms with van der Waals surface area (Å²) in [7, 11) is 0. The van der Waals surface area contributed by atoms with E-state index >= 15 is 0 Å². The van der Waals surface area contributed by atoms with Crippen molar-refractivity contribution >= 4 is 17.6 Å². The lowest BCUT2D eigenvalue weighted by Gasteiger charge is -2.28. The van der Waals surface area contributed by atoms with E-state index in [1.165, 1.54) is 6.07 Å². The van der Waals surface area contributed by atoms with Crippen LogP contribution >= 0.6 is 11.6 Å². The Bertz CT molecular complexity index is 487. The van der Waals surface area contributed by atoms with Crippen LogP contribution in [0.5, 0.6) is 0 Å². The molecule has 1 aromatic rings. The lowest BCUT2D eigenvalue weighted by Crippen LogP contribution is -2.35. The molecule has 0 heterocycles. The van der Waals surface area contributed by atoms with Gasteiger partial charge in [-0.3, -0.25) is 4.79 Å². The van der Waals surface area contributed by atoms with E-state index in [-0.39, 0.29) is 17.7 Å². The zero-order valence-electron chi connectivity index (χ0n) is 12.2. The molecule has 0 atom stereocenters. The van der Waals surface area contributed by atoms with Crippen LogP contribution in [-0.4, -0.2) is 18.6 Å². The molecule has 0 aromatic heterocycles. The quantitative estimate of drug-likeness (QED) is 0.843. The number of carbonyl (C=O) groups is 1. The van der Waals surface area contributed by atoms with E-state index in [4.69, 9.17) is 16.3 Å². The Hall–Kier alpha value is -1.13. The van der Waals surface area contributed by atoms with Crippen molar-refractivity contribution in [2.24, 2.45) is 5.92 Å². The van der Waals surface area contributed by atoms with Gasteiger partial charge in [0.25, 0.3) is 0 Å². The molecule has 0 saturated heterocycles. The monoisotopic (exact) mass is 313 g/mol. The number of hydrogen-bond acceptors (Lipinski definition) is 3. The molecule has 0 amide bonds. The third kappa shape index (κ3) is 4.68. The fourth-order valence-corrected chi connectivity index (χ4v) is 2.92. The molecule has 5 heteroatoms. The maximum atomic E-state index is 13.6. The van der Waals surface area contributed by atoms with Crippen LogP contribution in [0.15, 0.2) is 18.2 Å². The molecule has 1 N–H and O–H groups in total. The first kappa shape index (κ1) is 16.2. The Morgan fingerprint density at radius 3 is 2.76 bits per heavy atom. The summed E-state index contributed by atoms with van der Waals surface area (Å²) in [5.41, 5.74) is 0.579. The number of nitrogens with one attached hydrogen (secondary N) is 1. The van der Waals surface area contributed by atoms with Gasteiger partial charge in [-0.05, 0) is 50.8 Å². The fraction of sp³-hybridized carbons (Fsp3) is 0.562. The van der Waals surface area contributed by atoms with Crippen LogP contribution in [0.2, 0.25) is 5.02 Å². The first-order chi connectivity index (χ1) is 10.1. The summed E-state index contributed by atoms with van der Waals surface area (Å²) in [6.45, 7) is 2.72. The van der Waals surface area contributed by atoms with Crippen LogP contribution in [0.4, 0.5) is 4.39 Å². The Kier molecular flexibility index (Phi) is 6.00. The minimum atomic E-state index is -0.243. The van der Waals surface area contributed by atoms with Gasteiger partial charge in [0, 0.05) is 23.2 Å². The normalized spacial score (nSPS) is 22.0. The van der Waals surface area contributed by atoms with E-state index in [1.807, 2.05) is 6.92 Å². The summed E-state index contributed by atoms with van der Waals surface area (Å²) >= 11 is 5.88. The molecule has 2 rings (SSSR count). The highest BCUT2D eigenvalue weighted by atomic mass is 35.5. The number of carbonyl (C=O) groups excluding carboxylic acids is 1. The van der Waals surface area contributed by atoms with Gasteiger partial charge in [0.05, 0.1) is 12.5 Å². The van der Waals surface area contributed by atoms with Crippen molar-refractivity contribution in [1.29, 1.82) is 0 Å². The predicted molar refractivity (Wildman–Crippen MR) is 80.6 cm³/mol. The minimum absolute atomic E-state index is 0.0194. The SMILES string of the molecule is CCOC(=O)C1CCC(NCc2cc(Cl)ccc2F)CC1. The second-order valence-electron chi connectivity index (χ2n) is 5.42. The Morgan fingerprint density at radius 1 is 1.38 bits per heavy atom. The zero-order chi connectivity index (χ0) is 15.2. The molecule has 0 unspecified atom stereocenters. The summed E-state index contributed by atoms with van der Waals surface area (Å²) in [6.07, 6.45) is 3.47. The second-order valence-corrected chi connectivity index (χ2v) is 5.85. The second kappa shape index (κ2) is 7.76. The topological polar surface area (TPSA) is 38.3 Å². The van der Waals surface area contributed by atoms with Gasteiger partial charge in [0.15, 0.2) is 0 Å². The molecule has 0 spiro atoms. The van der Waals surface area contributed by atoms with Gasteiger partial charge in [0.2, 0.25) is 0 Å². The lowest BCUT2D eigenvalue weighted by atomic mass is 9.86. The molecular weight excluding hydrogens is 293 g/mol. The van der Waals surface area contributed by atoms with E-state index in [1.54, 1.807) is 12.1 Å². The summed E-state index contributed by atoms with van der Waals surface area (Å²) in [5, 5.41) is 3.89. The average molecular weight is 314 g/mol. The Morgan fingerprint density at radius 2 is 2.10 bits per heavy atom. The largest absolute Gasteiger partial charge is 0.466 e. The van der Waals surface area contributed by atoms with Crippen LogP contribution in [0, 0.1) is 11.7 Å². The number of esters is 1. The molecule has 1 aliphatic carbocycles. The number of ether oxygens (including phenoxy) is 1. The number of benzene rings is 1. The molecule has 1 saturated carbocycles. The van der Waals surface area contributed by atoms with Crippen molar-refractivity contribution in [2.45, 2.75) is 45.2 Å². The van der Waals surface area contributed by atoms with Gasteiger partial charge < -0.3 is 10.1 Å². The van der Waals surface area contributed by atoms with Crippen molar-refractivity contribution in [3.05, 3.63) is 34.6 Å². The maximum absolute atomic E-state index is 13.6. The first-order valence-electron chi connectivity index (χ1n) is 7.44. The van der Waals surface area contributed by atoms with Crippen LogP contribution < -0.4 is 5.32 Å². The molecule has 116 valence electrons. The van der Waals surface area contributed by atoms with Crippen LogP contribution in [0.25, 0.3) is 0 Å². The number of halogens is 2. The highest BCUT2D eigenvalue weighted by Crippen LogP contribution is 2.26. The molecule has 0 aliphatic heterocycles. The van der Waals surface area contributed by atoms with Crippen LogP contribution in [0.1, 0.15) is 38.2 Å². The van der Waals surface area contributed by atoms with Gasteiger partial charge >= 0.3 is 5.97 Å². The van der Waals surface area contributed by atoms with Crippen molar-refractivity contribution in [3.63, 3.8) is 0 Å². The van der Waals surface area contributed by atoms with Crippen LogP contribution in [-0.2, 0) is 16.1 Å². The van der Waals surface area contributed by atoms with Gasteiger partial charge in [-0.15, -0.1) is 0 Å². The molecule has 1 aliphatic rings. The van der Waals surface area contributed by atoms with E-state index in [0.717, 1.165) is 25.7 Å². The maximum Gasteiger partial charge on any atom is 0.308 e. The van der Waals surface area contributed by atoms with Gasteiger partial charge in [0.1, 0.15) is 5.82 Å². The third-order valence-corrected chi connectivity index (χ3v) is 4.17. The minimum Gasteiger partial charge on any atom is -0.466 e. The molecule has 0 radical (unpaired) electrons. The highest BCUT2D eigenvalue weighted by Gasteiger charge is 2.26. The Balaban J connectivity index is 1.79. The molecule has 21 heavy (non-hydrogen) atoms. The number of rotatable bonds is 5. The highest BCUT2D eigenvalue weighted by molar-refractivity contribution is 6.30. The lowest BCUT2D eigenvalue weighted by molar-refractivity contribution is -0.149. The Labute approximate surface area is 129 Å². The molecular formula is C16H21ClFNO2. The smallest absolute Gasteiger partial charge is 0.308 e. The van der Waals surface area contributed by atoms with Crippen molar-refractivity contribution in [1.82, 2.24) is 5.32 Å². The average Bonchev–Trinajstić information content (AvgIpc) is 2.49. The van der Waals surface area contributed by atoms with Crippen molar-refractivity contribution in [2.75, 3.05) is 6.61 Å². The first-order valence-corrected chi connectivity index (χ1v) is 7.82. The van der Waals surface area contributed by atoms with Gasteiger partial charge in [-0.25, -0.2) is 4.39 Å². The predicted octanol–water partition coefficient (Wildman–Crippen LogP) is 3.69. The molecule has 1 aromatic carbocycles. The summed E-state index contributed by atoms with van der Waals surface area (Å²) < 4.78 is 18.7. The molecule has 0 bridgehead atoms. The molecule has 3 nitrogen and oxygen atoms in total. The standard InChI is InChI=1S/C16H21ClFNO2/c1-2-21-16(20)11-3-6-14(7-4-11)19-10-12-9-13(17)5-8-15(12)18/h5,8-9,11,14,19H,2-4,6-7,10H2,1H3. The summed E-state index contributed by atoms with van der Waals surface area (Å²) in [6, 6.07) is 4.89. The van der Waals surface area contributed by atoms with E-state index < -0.39 is 0 Å². The van der Waals surface area contributed by atoms with Gasteiger partial charge in [-0.2, -0.15) is 0 Å². The van der Waals surface area contributed by atoms with E-state index in [0.29, 0.717) is 29.8 Å². The summed E-state index contributed by atoms with van der Waals surface area (Å²) in [4.78, 5) is 11.7. The summed E-state index contributed by atoms with van der Waals surface area (Å²) in [5.74, 6) is -0.310. The van der Waals surface area contributed by atoms with Crippen LogP contribution in [0.3, 0.4) is 0 Å². The third-order valence-electron chi connectivity index (χ3n) is 3.94.